The van der Waals surface area contributed by atoms with Gasteiger partial charge in [0.05, 0.1) is 29.7 Å². The van der Waals surface area contributed by atoms with E-state index >= 15 is 0 Å². The Kier molecular flexibility index (Phi) is 8.66. The fraction of sp³-hybridized carbons (Fsp3) is 0.346. The lowest BCUT2D eigenvalue weighted by atomic mass is 9.99. The normalized spacial score (nSPS) is 19.1. The molecule has 0 fully saturated rings. The van der Waals surface area contributed by atoms with Gasteiger partial charge < -0.3 is 14.7 Å². The summed E-state index contributed by atoms with van der Waals surface area (Å²) in [6, 6.07) is 14.9. The summed E-state index contributed by atoms with van der Waals surface area (Å²) in [5.74, 6) is -0.540. The van der Waals surface area contributed by atoms with Gasteiger partial charge in [0, 0.05) is 25.2 Å². The predicted octanol–water partition coefficient (Wildman–Crippen LogP) is 3.09. The van der Waals surface area contributed by atoms with Crippen molar-refractivity contribution >= 4 is 43.0 Å². The fourth-order valence-corrected chi connectivity index (χ4v) is 7.69. The van der Waals surface area contributed by atoms with Gasteiger partial charge in [-0.05, 0) is 48.7 Å². The largest absolute Gasteiger partial charge is 0.488 e. The number of amides is 1. The lowest BCUT2D eigenvalue weighted by molar-refractivity contribution is 0.0387. The van der Waals surface area contributed by atoms with Crippen molar-refractivity contribution in [1.82, 2.24) is 9.21 Å². The Morgan fingerprint density at radius 1 is 1.13 bits per heavy atom. The summed E-state index contributed by atoms with van der Waals surface area (Å²) in [5, 5.41) is 11.5. The topological polar surface area (TPSA) is 133 Å². The number of anilines is 1. The van der Waals surface area contributed by atoms with E-state index in [-0.39, 0.29) is 51.7 Å². The minimum Gasteiger partial charge on any atom is -0.488 e. The molecule has 1 aliphatic heterocycles. The van der Waals surface area contributed by atoms with Gasteiger partial charge in [-0.2, -0.15) is 4.31 Å². The zero-order chi connectivity index (χ0) is 28.4. The first-order chi connectivity index (χ1) is 18.4. The van der Waals surface area contributed by atoms with Crippen LogP contribution < -0.4 is 9.46 Å². The second-order valence-corrected chi connectivity index (χ2v) is 14.4. The van der Waals surface area contributed by atoms with Crippen molar-refractivity contribution in [1.29, 1.82) is 0 Å². The molecule has 2 heterocycles. The van der Waals surface area contributed by atoms with E-state index in [0.29, 0.717) is 0 Å². The molecule has 13 heteroatoms. The maximum Gasteiger partial charge on any atom is 0.261 e. The first kappa shape index (κ1) is 29.0. The number of aliphatic hydroxyl groups excluding tert-OH is 1. The van der Waals surface area contributed by atoms with Crippen LogP contribution >= 0.6 is 11.3 Å². The number of likely N-dealkylation sites (N-methyl/N-ethyl adjacent to an activating group) is 1. The molecule has 0 saturated heterocycles. The van der Waals surface area contributed by atoms with Gasteiger partial charge in [0.2, 0.25) is 0 Å². The molecule has 1 aromatic heterocycles. The van der Waals surface area contributed by atoms with Crippen molar-refractivity contribution in [3.8, 4) is 5.75 Å². The van der Waals surface area contributed by atoms with E-state index in [1.807, 2.05) is 6.92 Å². The third-order valence-electron chi connectivity index (χ3n) is 6.57. The Morgan fingerprint density at radius 3 is 2.49 bits per heavy atom. The van der Waals surface area contributed by atoms with Crippen LogP contribution in [0.4, 0.5) is 5.69 Å². The summed E-state index contributed by atoms with van der Waals surface area (Å²) in [7, 11) is -6.17. The zero-order valence-electron chi connectivity index (χ0n) is 21.7. The van der Waals surface area contributed by atoms with Gasteiger partial charge in [-0.1, -0.05) is 31.2 Å². The Balaban J connectivity index is 1.69. The number of carbonyl (C=O) groups is 1. The quantitative estimate of drug-likeness (QED) is 0.390. The zero-order valence-corrected chi connectivity index (χ0v) is 24.2. The van der Waals surface area contributed by atoms with E-state index < -0.39 is 38.1 Å². The molecular weight excluding hydrogens is 563 g/mol. The van der Waals surface area contributed by atoms with Crippen molar-refractivity contribution in [3.63, 3.8) is 0 Å². The summed E-state index contributed by atoms with van der Waals surface area (Å²) in [6.45, 7) is 3.48. The Bertz CT molecular complexity index is 1510. The molecule has 0 unspecified atom stereocenters. The number of nitrogens with one attached hydrogen (secondary N) is 1. The standard InChI is InChI=1S/C26H31N3O7S3/c1-18-15-29(19(2)17-30)26(31)22-14-20(27-38(32,33)21-8-5-4-6-9-21)11-12-23(22)36-24(18)16-28(3)39(34,35)25-10-7-13-37-25/h4-14,18-19,24,27,30H,15-17H2,1-3H3/t18-,19-,24-/m1/s1. The average molecular weight is 594 g/mol. The van der Waals surface area contributed by atoms with Crippen LogP contribution in [0.1, 0.15) is 24.2 Å². The first-order valence-corrected chi connectivity index (χ1v) is 16.0. The molecule has 210 valence electrons. The molecule has 0 saturated carbocycles. The molecule has 0 radical (unpaired) electrons. The molecule has 1 amide bonds. The average Bonchev–Trinajstić information content (AvgIpc) is 3.47. The molecule has 10 nitrogen and oxygen atoms in total. The van der Waals surface area contributed by atoms with Crippen molar-refractivity contribution in [2.45, 2.75) is 35.1 Å². The lowest BCUT2D eigenvalue weighted by Gasteiger charge is -2.38. The van der Waals surface area contributed by atoms with Gasteiger partial charge in [0.25, 0.3) is 26.0 Å². The van der Waals surface area contributed by atoms with Crippen LogP contribution in [-0.2, 0) is 20.0 Å². The minimum absolute atomic E-state index is 0.0127. The molecule has 2 aromatic carbocycles. The number of sulfonamides is 2. The molecule has 0 spiro atoms. The predicted molar refractivity (Wildman–Crippen MR) is 149 cm³/mol. The summed E-state index contributed by atoms with van der Waals surface area (Å²) in [6.07, 6.45) is -0.642. The number of rotatable bonds is 9. The lowest BCUT2D eigenvalue weighted by Crippen LogP contribution is -2.50. The fourth-order valence-electron chi connectivity index (χ4n) is 4.23. The number of ether oxygens (including phenoxy) is 1. The van der Waals surface area contributed by atoms with Crippen molar-refractivity contribution in [3.05, 3.63) is 71.6 Å². The number of thiophene rings is 1. The number of hydrogen-bond donors (Lipinski definition) is 2. The molecular formula is C26H31N3O7S3. The first-order valence-electron chi connectivity index (χ1n) is 12.2. The van der Waals surface area contributed by atoms with Gasteiger partial charge in [-0.25, -0.2) is 16.8 Å². The molecule has 39 heavy (non-hydrogen) atoms. The van der Waals surface area contributed by atoms with Gasteiger partial charge in [-0.15, -0.1) is 11.3 Å². The maximum absolute atomic E-state index is 13.6. The van der Waals surface area contributed by atoms with Gasteiger partial charge in [0.15, 0.2) is 0 Å². The number of benzene rings is 2. The summed E-state index contributed by atoms with van der Waals surface area (Å²) in [4.78, 5) is 15.2. The van der Waals surface area contributed by atoms with Crippen LogP contribution in [0.3, 0.4) is 0 Å². The van der Waals surface area contributed by atoms with Crippen LogP contribution in [0.5, 0.6) is 5.75 Å². The Hall–Kier alpha value is -2.97. The molecule has 0 bridgehead atoms. The number of carbonyl (C=O) groups excluding carboxylic acids is 1. The molecule has 3 aromatic rings. The molecule has 0 aliphatic carbocycles. The van der Waals surface area contributed by atoms with E-state index in [2.05, 4.69) is 4.72 Å². The second-order valence-electron chi connectivity index (χ2n) is 9.47. The minimum atomic E-state index is -3.91. The Morgan fingerprint density at radius 2 is 1.85 bits per heavy atom. The van der Waals surface area contributed by atoms with E-state index in [0.717, 1.165) is 11.3 Å². The van der Waals surface area contributed by atoms with Crippen molar-refractivity contribution in [2.24, 2.45) is 5.92 Å². The van der Waals surface area contributed by atoms with Crippen molar-refractivity contribution in [2.75, 3.05) is 31.5 Å². The van der Waals surface area contributed by atoms with E-state index in [4.69, 9.17) is 4.74 Å². The monoisotopic (exact) mass is 593 g/mol. The SMILES string of the molecule is C[C@@H]1CN([C@H](C)CO)C(=O)c2cc(NS(=O)(=O)c3ccccc3)ccc2O[C@@H]1CN(C)S(=O)(=O)c1cccs1. The number of hydrogen-bond acceptors (Lipinski definition) is 8. The highest BCUT2D eigenvalue weighted by Crippen LogP contribution is 2.32. The van der Waals surface area contributed by atoms with Gasteiger partial charge >= 0.3 is 0 Å². The van der Waals surface area contributed by atoms with Crippen molar-refractivity contribution < 1.29 is 31.5 Å². The molecule has 3 atom stereocenters. The highest BCUT2D eigenvalue weighted by atomic mass is 32.2. The Labute approximate surface area is 232 Å². The van der Waals surface area contributed by atoms with Gasteiger partial charge in [-0.3, -0.25) is 9.52 Å². The third-order valence-corrected chi connectivity index (χ3v) is 11.2. The number of fused-ring (bicyclic) bond motifs is 1. The van der Waals surface area contributed by atoms with E-state index in [1.165, 1.54) is 52.7 Å². The number of nitrogens with zero attached hydrogens (tertiary/aromatic N) is 2. The maximum atomic E-state index is 13.6. The van der Waals surface area contributed by atoms with Crippen LogP contribution in [0.25, 0.3) is 0 Å². The highest BCUT2D eigenvalue weighted by molar-refractivity contribution is 7.92. The summed E-state index contributed by atoms with van der Waals surface area (Å²) >= 11 is 1.12. The summed E-state index contributed by atoms with van der Waals surface area (Å²) in [5.41, 5.74) is 0.262. The molecule has 4 rings (SSSR count). The van der Waals surface area contributed by atoms with E-state index in [9.17, 15) is 26.7 Å². The van der Waals surface area contributed by atoms with Crippen LogP contribution in [0.15, 0.2) is 75.1 Å². The molecule has 1 aliphatic rings. The summed E-state index contributed by atoms with van der Waals surface area (Å²) < 4.78 is 62.0. The third kappa shape index (κ3) is 6.28. The van der Waals surface area contributed by atoms with E-state index in [1.54, 1.807) is 36.6 Å². The van der Waals surface area contributed by atoms with Crippen LogP contribution in [0.2, 0.25) is 0 Å². The van der Waals surface area contributed by atoms with Gasteiger partial charge in [0.1, 0.15) is 16.1 Å². The second kappa shape index (κ2) is 11.6. The van der Waals surface area contributed by atoms with Crippen LogP contribution in [-0.4, -0.2) is 75.9 Å². The highest BCUT2D eigenvalue weighted by Gasteiger charge is 2.35. The van der Waals surface area contributed by atoms with Crippen LogP contribution in [0, 0.1) is 5.92 Å². The molecule has 2 N–H and O–H groups in total. The number of aliphatic hydroxyl groups is 1. The smallest absolute Gasteiger partial charge is 0.261 e.